The Morgan fingerprint density at radius 2 is 2.07 bits per heavy atom. The quantitative estimate of drug-likeness (QED) is 0.291. The summed E-state index contributed by atoms with van der Waals surface area (Å²) in [7, 11) is 0. The van der Waals surface area contributed by atoms with Crippen molar-refractivity contribution in [2.24, 2.45) is 0 Å². The molecule has 8 nitrogen and oxygen atoms in total. The molecule has 4 rings (SSSR count). The van der Waals surface area contributed by atoms with Crippen molar-refractivity contribution in [3.8, 4) is 0 Å². The van der Waals surface area contributed by atoms with Gasteiger partial charge in [0.25, 0.3) is 5.91 Å². The van der Waals surface area contributed by atoms with Crippen LogP contribution in [0.5, 0.6) is 0 Å². The van der Waals surface area contributed by atoms with Gasteiger partial charge in [0, 0.05) is 30.9 Å². The van der Waals surface area contributed by atoms with Crippen LogP contribution in [0.3, 0.4) is 0 Å². The van der Waals surface area contributed by atoms with Gasteiger partial charge in [-0.2, -0.15) is 0 Å². The number of aryl methyl sites for hydroxylation is 2. The standard InChI is InChI=1S/C21H20N4O4/c1-14-3-4-16(29-14)18-17(19(26)15-5-7-22-8-6-15)20(27)21(28)25(18)11-2-10-24-12-9-23-13-24/h3-9,12-13,18H,2,10-11H2,1H3,(H,26,27). The number of carbonyl (C=O) groups is 2. The minimum atomic E-state index is -0.833. The SMILES string of the molecule is Cc1ccc(C2C(=C([O-])c3ccncc3)C(=O)C(=O)N2CCC[n+]2cc[nH]c2)o1. The second-order valence-corrected chi connectivity index (χ2v) is 6.86. The molecule has 3 aromatic heterocycles. The molecule has 3 aromatic rings. The number of pyridine rings is 1. The predicted molar refractivity (Wildman–Crippen MR) is 99.7 cm³/mol. The maximum absolute atomic E-state index is 13.1. The molecule has 1 atom stereocenters. The lowest BCUT2D eigenvalue weighted by Crippen LogP contribution is -2.36. The molecule has 0 radical (unpaired) electrons. The average molecular weight is 392 g/mol. The van der Waals surface area contributed by atoms with Gasteiger partial charge in [-0.1, -0.05) is 5.76 Å². The Labute approximate surface area is 167 Å². The largest absolute Gasteiger partial charge is 0.872 e. The summed E-state index contributed by atoms with van der Waals surface area (Å²) in [6.07, 6.45) is 9.08. The van der Waals surface area contributed by atoms with E-state index in [2.05, 4.69) is 9.97 Å². The number of nitrogens with one attached hydrogen (secondary N) is 1. The maximum atomic E-state index is 13.1. The number of hydrogen-bond donors (Lipinski definition) is 1. The molecule has 8 heteroatoms. The van der Waals surface area contributed by atoms with Gasteiger partial charge in [-0.15, -0.1) is 0 Å². The molecular weight excluding hydrogens is 372 g/mol. The highest BCUT2D eigenvalue weighted by Crippen LogP contribution is 2.39. The Kier molecular flexibility index (Phi) is 4.99. The van der Waals surface area contributed by atoms with Crippen LogP contribution in [-0.2, 0) is 16.1 Å². The Hall–Kier alpha value is -3.68. The topological polar surface area (TPSA) is 106 Å². The number of rotatable bonds is 6. The number of amides is 1. The molecule has 4 heterocycles. The zero-order valence-corrected chi connectivity index (χ0v) is 15.9. The van der Waals surface area contributed by atoms with Crippen LogP contribution in [0.4, 0.5) is 0 Å². The lowest BCUT2D eigenvalue weighted by Gasteiger charge is -2.25. The molecule has 1 amide bonds. The zero-order chi connectivity index (χ0) is 20.4. The van der Waals surface area contributed by atoms with E-state index in [1.807, 2.05) is 17.1 Å². The van der Waals surface area contributed by atoms with E-state index in [0.29, 0.717) is 36.6 Å². The number of furan rings is 1. The molecule has 148 valence electrons. The summed E-state index contributed by atoms with van der Waals surface area (Å²) in [4.78, 5) is 33.9. The Bertz CT molecular complexity index is 1050. The first-order valence-corrected chi connectivity index (χ1v) is 9.31. The van der Waals surface area contributed by atoms with E-state index >= 15 is 0 Å². The van der Waals surface area contributed by atoms with Crippen LogP contribution in [0.15, 0.2) is 65.4 Å². The molecule has 1 aliphatic rings. The first-order chi connectivity index (χ1) is 14.1. The van der Waals surface area contributed by atoms with E-state index < -0.39 is 23.5 Å². The third kappa shape index (κ3) is 3.56. The van der Waals surface area contributed by atoms with Crippen LogP contribution in [0.1, 0.15) is 29.5 Å². The summed E-state index contributed by atoms with van der Waals surface area (Å²) in [6, 6.07) is 5.69. The smallest absolute Gasteiger partial charge is 0.295 e. The minimum absolute atomic E-state index is 0.0788. The lowest BCUT2D eigenvalue weighted by molar-refractivity contribution is -0.695. The van der Waals surface area contributed by atoms with Crippen LogP contribution in [-0.4, -0.2) is 33.1 Å². The van der Waals surface area contributed by atoms with Gasteiger partial charge in [0.1, 0.15) is 30.0 Å². The second-order valence-electron chi connectivity index (χ2n) is 6.86. The molecular formula is C21H20N4O4. The highest BCUT2D eigenvalue weighted by atomic mass is 16.3. The normalized spacial score (nSPS) is 18.5. The summed E-state index contributed by atoms with van der Waals surface area (Å²) >= 11 is 0. The first kappa shape index (κ1) is 18.7. The summed E-state index contributed by atoms with van der Waals surface area (Å²) in [5, 5.41) is 13.1. The van der Waals surface area contributed by atoms with Gasteiger partial charge >= 0.3 is 0 Å². The maximum Gasteiger partial charge on any atom is 0.295 e. The zero-order valence-electron chi connectivity index (χ0n) is 15.9. The van der Waals surface area contributed by atoms with Crippen LogP contribution in [0.25, 0.3) is 5.76 Å². The van der Waals surface area contributed by atoms with Crippen molar-refractivity contribution in [1.82, 2.24) is 14.9 Å². The highest BCUT2D eigenvalue weighted by molar-refractivity contribution is 6.46. The van der Waals surface area contributed by atoms with E-state index in [0.717, 1.165) is 0 Å². The van der Waals surface area contributed by atoms with Gasteiger partial charge in [0.15, 0.2) is 0 Å². The van der Waals surface area contributed by atoms with Gasteiger partial charge in [-0.05, 0) is 36.8 Å². The van der Waals surface area contributed by atoms with E-state index in [-0.39, 0.29) is 5.57 Å². The van der Waals surface area contributed by atoms with Gasteiger partial charge in [0.05, 0.1) is 6.54 Å². The molecule has 29 heavy (non-hydrogen) atoms. The lowest BCUT2D eigenvalue weighted by atomic mass is 10.00. The molecule has 0 aromatic carbocycles. The molecule has 1 fully saturated rings. The monoisotopic (exact) mass is 392 g/mol. The number of H-pyrrole nitrogens is 1. The van der Waals surface area contributed by atoms with Gasteiger partial charge < -0.3 is 14.4 Å². The number of aromatic amines is 1. The summed E-state index contributed by atoms with van der Waals surface area (Å²) < 4.78 is 7.67. The molecule has 0 aliphatic carbocycles. The number of aromatic nitrogens is 3. The highest BCUT2D eigenvalue weighted by Gasteiger charge is 2.45. The number of carbonyl (C=O) groups excluding carboxylic acids is 2. The van der Waals surface area contributed by atoms with Crippen LogP contribution < -0.4 is 9.67 Å². The van der Waals surface area contributed by atoms with Gasteiger partial charge in [-0.3, -0.25) is 19.6 Å². The van der Waals surface area contributed by atoms with Gasteiger partial charge in [-0.25, -0.2) is 4.57 Å². The number of likely N-dealkylation sites (tertiary alicyclic amines) is 1. The van der Waals surface area contributed by atoms with Crippen molar-refractivity contribution >= 4 is 17.4 Å². The van der Waals surface area contributed by atoms with Crippen molar-refractivity contribution in [3.63, 3.8) is 0 Å². The molecule has 1 N–H and O–H groups in total. The molecule has 0 bridgehead atoms. The predicted octanol–water partition coefficient (Wildman–Crippen LogP) is 0.913. The first-order valence-electron chi connectivity index (χ1n) is 9.31. The van der Waals surface area contributed by atoms with E-state index in [1.165, 1.54) is 29.4 Å². The van der Waals surface area contributed by atoms with Crippen molar-refractivity contribution in [2.45, 2.75) is 25.9 Å². The second kappa shape index (κ2) is 7.75. The molecule has 1 saturated heterocycles. The summed E-state index contributed by atoms with van der Waals surface area (Å²) in [6.45, 7) is 2.76. The van der Waals surface area contributed by atoms with Crippen LogP contribution >= 0.6 is 0 Å². The minimum Gasteiger partial charge on any atom is -0.872 e. The van der Waals surface area contributed by atoms with E-state index in [1.54, 1.807) is 25.3 Å². The number of ketones is 1. The number of hydrogen-bond acceptors (Lipinski definition) is 5. The third-order valence-corrected chi connectivity index (χ3v) is 4.92. The van der Waals surface area contributed by atoms with Crippen molar-refractivity contribution < 1.29 is 23.7 Å². The van der Waals surface area contributed by atoms with E-state index in [9.17, 15) is 14.7 Å². The fourth-order valence-corrected chi connectivity index (χ4v) is 3.54. The summed E-state index contributed by atoms with van der Waals surface area (Å²) in [5.74, 6) is -0.883. The van der Waals surface area contributed by atoms with Crippen LogP contribution in [0, 0.1) is 6.92 Å². The Balaban J connectivity index is 1.70. The summed E-state index contributed by atoms with van der Waals surface area (Å²) in [5.41, 5.74) is 0.235. The fourth-order valence-electron chi connectivity index (χ4n) is 3.54. The molecule has 1 aliphatic heterocycles. The number of Topliss-reactive ketones (excluding diaryl/α,β-unsaturated/α-hetero) is 1. The van der Waals surface area contributed by atoms with Gasteiger partial charge in [0.2, 0.25) is 12.1 Å². The fraction of sp³-hybridized carbons (Fsp3) is 0.238. The molecule has 0 spiro atoms. The number of nitrogens with zero attached hydrogens (tertiary/aromatic N) is 3. The van der Waals surface area contributed by atoms with Crippen molar-refractivity contribution in [1.29, 1.82) is 0 Å². The van der Waals surface area contributed by atoms with Crippen molar-refractivity contribution in [2.75, 3.05) is 6.54 Å². The third-order valence-electron chi connectivity index (χ3n) is 4.92. The van der Waals surface area contributed by atoms with Crippen molar-refractivity contribution in [3.05, 3.63) is 78.0 Å². The Morgan fingerprint density at radius 1 is 1.28 bits per heavy atom. The molecule has 0 saturated carbocycles. The number of imidazole rings is 1. The molecule has 1 unspecified atom stereocenters. The Morgan fingerprint density at radius 3 is 2.72 bits per heavy atom. The average Bonchev–Trinajstić information content (AvgIpc) is 3.45. The van der Waals surface area contributed by atoms with E-state index in [4.69, 9.17) is 4.42 Å². The van der Waals surface area contributed by atoms with Crippen LogP contribution in [0.2, 0.25) is 0 Å².